The van der Waals surface area contributed by atoms with Crippen LogP contribution < -0.4 is 5.73 Å². The summed E-state index contributed by atoms with van der Waals surface area (Å²) in [6.45, 7) is 0. The lowest BCUT2D eigenvalue weighted by Gasteiger charge is -1.94. The number of nitrogens with zero attached hydrogens (tertiary/aromatic N) is 2. The number of nitrogen functional groups attached to an aromatic ring is 1. The minimum absolute atomic E-state index is 0.129. The highest BCUT2D eigenvalue weighted by molar-refractivity contribution is 5.88. The lowest BCUT2D eigenvalue weighted by Crippen LogP contribution is -2.01. The number of carbonyl (C=O) groups excluding carboxylic acids is 1. The summed E-state index contributed by atoms with van der Waals surface area (Å²) in [7, 11) is 0. The van der Waals surface area contributed by atoms with E-state index in [1.807, 2.05) is 5.34 Å². The van der Waals surface area contributed by atoms with E-state index in [0.29, 0.717) is 0 Å². The van der Waals surface area contributed by atoms with E-state index in [9.17, 15) is 9.70 Å². The third-order valence-electron chi connectivity index (χ3n) is 1.14. The van der Waals surface area contributed by atoms with Gasteiger partial charge >= 0.3 is 5.97 Å². The molecule has 0 bridgehead atoms. The maximum Gasteiger partial charge on any atom is 0.370 e. The van der Waals surface area contributed by atoms with Gasteiger partial charge in [-0.05, 0) is 12.1 Å². The van der Waals surface area contributed by atoms with Crippen molar-refractivity contribution >= 4 is 11.8 Å². The molecule has 6 nitrogen and oxygen atoms in total. The third-order valence-corrected chi connectivity index (χ3v) is 1.14. The second kappa shape index (κ2) is 3.42. The number of carbonyl (C=O) groups is 1. The molecule has 0 saturated heterocycles. The van der Waals surface area contributed by atoms with E-state index < -0.39 is 5.97 Å². The second-order valence-electron chi connectivity index (χ2n) is 1.93. The summed E-state index contributed by atoms with van der Waals surface area (Å²) in [5, 5.41) is 1.98. The summed E-state index contributed by atoms with van der Waals surface area (Å²) >= 11 is 0. The molecule has 1 rings (SSSR count). The van der Waals surface area contributed by atoms with Gasteiger partial charge in [-0.15, -0.1) is 4.91 Å². The molecular weight excluding hydrogens is 162 g/mol. The largest absolute Gasteiger partial charge is 0.384 e. The van der Waals surface area contributed by atoms with Crippen molar-refractivity contribution in [3.05, 3.63) is 28.8 Å². The van der Waals surface area contributed by atoms with Gasteiger partial charge in [-0.3, -0.25) is 4.84 Å². The molecule has 62 valence electrons. The molecular formula is C6H5N3O3. The maximum atomic E-state index is 10.8. The molecule has 2 N–H and O–H groups in total. The first-order chi connectivity index (χ1) is 5.74. The fourth-order valence-corrected chi connectivity index (χ4v) is 0.613. The fourth-order valence-electron chi connectivity index (χ4n) is 0.613. The molecule has 1 aromatic rings. The summed E-state index contributed by atoms with van der Waals surface area (Å²) in [5.74, 6) is -0.567. The molecule has 0 aliphatic rings. The third kappa shape index (κ3) is 1.75. The molecule has 1 heterocycles. The van der Waals surface area contributed by atoms with Crippen LogP contribution >= 0.6 is 0 Å². The molecule has 0 aliphatic heterocycles. The van der Waals surface area contributed by atoms with Crippen LogP contribution in [0.4, 0.5) is 5.82 Å². The van der Waals surface area contributed by atoms with Crippen LogP contribution in [0.25, 0.3) is 0 Å². The normalized spacial score (nSPS) is 9.00. The van der Waals surface area contributed by atoms with E-state index in [4.69, 9.17) is 5.73 Å². The Hall–Kier alpha value is -1.98. The summed E-state index contributed by atoms with van der Waals surface area (Å²) in [6.07, 6.45) is 1.20. The zero-order chi connectivity index (χ0) is 8.97. The standard InChI is InChI=1S/C6H5N3O3/c7-5-2-1-4(3-8-5)6(10)12-9-11/h1-3H,(H2,7,8). The summed E-state index contributed by atoms with van der Waals surface area (Å²) in [5.41, 5.74) is 5.38. The van der Waals surface area contributed by atoms with E-state index in [0.717, 1.165) is 0 Å². The molecule has 0 spiro atoms. The number of rotatable bonds is 2. The van der Waals surface area contributed by atoms with Gasteiger partial charge in [0.15, 0.2) is 5.34 Å². The number of anilines is 1. The van der Waals surface area contributed by atoms with Gasteiger partial charge in [-0.25, -0.2) is 9.78 Å². The summed E-state index contributed by atoms with van der Waals surface area (Å²) < 4.78 is 0. The molecule has 0 radical (unpaired) electrons. The molecule has 1 aromatic heterocycles. The monoisotopic (exact) mass is 167 g/mol. The average molecular weight is 167 g/mol. The van der Waals surface area contributed by atoms with Gasteiger partial charge < -0.3 is 5.73 Å². The zero-order valence-electron chi connectivity index (χ0n) is 5.93. The first-order valence-corrected chi connectivity index (χ1v) is 2.99. The molecule has 0 unspecified atom stereocenters. The predicted octanol–water partition coefficient (Wildman–Crippen LogP) is 0.502. The van der Waals surface area contributed by atoms with E-state index in [1.165, 1.54) is 18.3 Å². The SMILES string of the molecule is Nc1ccc(C(=O)ON=O)cn1. The first-order valence-electron chi connectivity index (χ1n) is 2.99. The number of aromatic nitrogens is 1. The number of hydrogen-bond acceptors (Lipinski definition) is 6. The fraction of sp³-hybridized carbons (Fsp3) is 0. The van der Waals surface area contributed by atoms with Crippen molar-refractivity contribution in [2.75, 3.05) is 5.73 Å². The molecule has 12 heavy (non-hydrogen) atoms. The Balaban J connectivity index is 2.82. The van der Waals surface area contributed by atoms with E-state index in [2.05, 4.69) is 9.82 Å². The van der Waals surface area contributed by atoms with Crippen LogP contribution in [0.2, 0.25) is 0 Å². The van der Waals surface area contributed by atoms with Crippen molar-refractivity contribution in [1.82, 2.24) is 4.98 Å². The molecule has 0 aromatic carbocycles. The molecule has 0 fully saturated rings. The quantitative estimate of drug-likeness (QED) is 0.511. The lowest BCUT2D eigenvalue weighted by molar-refractivity contribution is 0.0508. The molecule has 0 amide bonds. The van der Waals surface area contributed by atoms with Crippen LogP contribution in [0.3, 0.4) is 0 Å². The lowest BCUT2D eigenvalue weighted by atomic mass is 10.3. The van der Waals surface area contributed by atoms with Gasteiger partial charge in [0.2, 0.25) is 0 Å². The minimum Gasteiger partial charge on any atom is -0.384 e. The van der Waals surface area contributed by atoms with Crippen molar-refractivity contribution < 1.29 is 9.63 Å². The Morgan fingerprint density at radius 2 is 2.33 bits per heavy atom. The minimum atomic E-state index is -0.850. The maximum absolute atomic E-state index is 10.8. The molecule has 0 saturated carbocycles. The first kappa shape index (κ1) is 8.12. The molecule has 0 aliphatic carbocycles. The van der Waals surface area contributed by atoms with Gasteiger partial charge in [0.25, 0.3) is 0 Å². The van der Waals surface area contributed by atoms with Gasteiger partial charge in [-0.2, -0.15) is 0 Å². The average Bonchev–Trinajstić information content (AvgIpc) is 2.06. The Labute approximate surface area is 67.3 Å². The highest BCUT2D eigenvalue weighted by Crippen LogP contribution is 2.02. The van der Waals surface area contributed by atoms with Crippen molar-refractivity contribution in [1.29, 1.82) is 0 Å². The van der Waals surface area contributed by atoms with E-state index in [1.54, 1.807) is 0 Å². The molecule has 0 atom stereocenters. The highest BCUT2D eigenvalue weighted by Gasteiger charge is 2.06. The summed E-state index contributed by atoms with van der Waals surface area (Å²) in [6, 6.07) is 2.80. The second-order valence-corrected chi connectivity index (χ2v) is 1.93. The van der Waals surface area contributed by atoms with Crippen LogP contribution in [0.1, 0.15) is 10.4 Å². The van der Waals surface area contributed by atoms with Crippen molar-refractivity contribution in [3.63, 3.8) is 0 Å². The topological polar surface area (TPSA) is 94.6 Å². The summed E-state index contributed by atoms with van der Waals surface area (Å²) in [4.78, 5) is 27.7. The van der Waals surface area contributed by atoms with Gasteiger partial charge in [-0.1, -0.05) is 0 Å². The van der Waals surface area contributed by atoms with Crippen molar-refractivity contribution in [3.8, 4) is 0 Å². The number of nitrogens with two attached hydrogens (primary N) is 1. The Bertz CT molecular complexity index is 295. The smallest absolute Gasteiger partial charge is 0.370 e. The highest BCUT2D eigenvalue weighted by atomic mass is 16.7. The van der Waals surface area contributed by atoms with Gasteiger partial charge in [0, 0.05) is 6.20 Å². The predicted molar refractivity (Wildman–Crippen MR) is 39.9 cm³/mol. The van der Waals surface area contributed by atoms with Crippen LogP contribution in [0.15, 0.2) is 23.7 Å². The Kier molecular flexibility index (Phi) is 2.32. The van der Waals surface area contributed by atoms with Crippen molar-refractivity contribution in [2.45, 2.75) is 0 Å². The van der Waals surface area contributed by atoms with Crippen LogP contribution in [0.5, 0.6) is 0 Å². The van der Waals surface area contributed by atoms with E-state index in [-0.39, 0.29) is 11.4 Å². The number of pyridine rings is 1. The van der Waals surface area contributed by atoms with E-state index >= 15 is 0 Å². The van der Waals surface area contributed by atoms with Gasteiger partial charge in [0.05, 0.1) is 5.56 Å². The molecule has 6 heteroatoms. The van der Waals surface area contributed by atoms with Crippen LogP contribution in [0, 0.1) is 4.91 Å². The zero-order valence-corrected chi connectivity index (χ0v) is 5.93. The van der Waals surface area contributed by atoms with Gasteiger partial charge in [0.1, 0.15) is 5.82 Å². The van der Waals surface area contributed by atoms with Crippen molar-refractivity contribution in [2.24, 2.45) is 5.34 Å². The Morgan fingerprint density at radius 3 is 2.83 bits per heavy atom. The Morgan fingerprint density at radius 1 is 1.58 bits per heavy atom. The van der Waals surface area contributed by atoms with Crippen LogP contribution in [-0.2, 0) is 4.84 Å². The number of hydrogen-bond donors (Lipinski definition) is 1. The van der Waals surface area contributed by atoms with Crippen LogP contribution in [-0.4, -0.2) is 11.0 Å².